The van der Waals surface area contributed by atoms with Crippen LogP contribution in [0.15, 0.2) is 36.2 Å². The Bertz CT molecular complexity index is 293. The second kappa shape index (κ2) is 6.57. The molecular formula is C11H15ClFN. The maximum absolute atomic E-state index is 12.2. The van der Waals surface area contributed by atoms with Gasteiger partial charge in [-0.15, -0.1) is 12.4 Å². The molecule has 78 valence electrons. The van der Waals surface area contributed by atoms with Crippen molar-refractivity contribution >= 4 is 12.4 Å². The van der Waals surface area contributed by atoms with E-state index >= 15 is 0 Å². The lowest BCUT2D eigenvalue weighted by atomic mass is 10.1. The number of nitrogens with two attached hydrogens (primary N) is 1. The van der Waals surface area contributed by atoms with Crippen molar-refractivity contribution in [2.24, 2.45) is 5.73 Å². The van der Waals surface area contributed by atoms with Gasteiger partial charge in [0.25, 0.3) is 0 Å². The summed E-state index contributed by atoms with van der Waals surface area (Å²) in [5, 5.41) is 0. The molecule has 3 heteroatoms. The summed E-state index contributed by atoms with van der Waals surface area (Å²) in [7, 11) is 0. The SMILES string of the molecule is Cc1ccc(C/C(=C/F)CN)cc1.Cl. The quantitative estimate of drug-likeness (QED) is 0.825. The molecular weight excluding hydrogens is 201 g/mol. The molecule has 1 rings (SSSR count). The zero-order valence-corrected chi connectivity index (χ0v) is 8.98. The molecule has 0 amide bonds. The van der Waals surface area contributed by atoms with E-state index < -0.39 is 0 Å². The lowest BCUT2D eigenvalue weighted by Crippen LogP contribution is -2.05. The van der Waals surface area contributed by atoms with Gasteiger partial charge >= 0.3 is 0 Å². The second-order valence-electron chi connectivity index (χ2n) is 3.13. The van der Waals surface area contributed by atoms with Crippen molar-refractivity contribution in [1.82, 2.24) is 0 Å². The first kappa shape index (κ1) is 13.1. The van der Waals surface area contributed by atoms with Gasteiger partial charge in [-0.2, -0.15) is 0 Å². The van der Waals surface area contributed by atoms with E-state index in [0.29, 0.717) is 18.3 Å². The van der Waals surface area contributed by atoms with Crippen LogP contribution in [-0.4, -0.2) is 6.54 Å². The van der Waals surface area contributed by atoms with Gasteiger partial charge in [0.05, 0.1) is 6.33 Å². The Kier molecular flexibility index (Phi) is 6.17. The zero-order chi connectivity index (χ0) is 9.68. The molecule has 0 aromatic heterocycles. The topological polar surface area (TPSA) is 26.0 Å². The van der Waals surface area contributed by atoms with Gasteiger partial charge in [-0.1, -0.05) is 29.8 Å². The summed E-state index contributed by atoms with van der Waals surface area (Å²) in [5.74, 6) is 0. The third-order valence-electron chi connectivity index (χ3n) is 1.97. The van der Waals surface area contributed by atoms with Gasteiger partial charge in [-0.3, -0.25) is 0 Å². The van der Waals surface area contributed by atoms with Crippen LogP contribution in [0.4, 0.5) is 4.39 Å². The second-order valence-corrected chi connectivity index (χ2v) is 3.13. The van der Waals surface area contributed by atoms with Crippen LogP contribution in [0.2, 0.25) is 0 Å². The van der Waals surface area contributed by atoms with E-state index in [9.17, 15) is 4.39 Å². The van der Waals surface area contributed by atoms with Crippen molar-refractivity contribution < 1.29 is 4.39 Å². The molecule has 0 radical (unpaired) electrons. The van der Waals surface area contributed by atoms with E-state index in [-0.39, 0.29) is 19.0 Å². The number of rotatable bonds is 3. The van der Waals surface area contributed by atoms with Crippen molar-refractivity contribution in [2.75, 3.05) is 6.54 Å². The van der Waals surface area contributed by atoms with Crippen LogP contribution in [0.5, 0.6) is 0 Å². The number of hydrogen-bond donors (Lipinski definition) is 1. The minimum Gasteiger partial charge on any atom is -0.327 e. The molecule has 2 N–H and O–H groups in total. The molecule has 0 atom stereocenters. The Hall–Kier alpha value is -0.860. The highest BCUT2D eigenvalue weighted by Crippen LogP contribution is 2.08. The Morgan fingerprint density at radius 2 is 1.93 bits per heavy atom. The first-order chi connectivity index (χ1) is 6.26. The highest BCUT2D eigenvalue weighted by atomic mass is 35.5. The fourth-order valence-electron chi connectivity index (χ4n) is 1.12. The third-order valence-corrected chi connectivity index (χ3v) is 1.97. The van der Waals surface area contributed by atoms with Crippen molar-refractivity contribution in [2.45, 2.75) is 13.3 Å². The van der Waals surface area contributed by atoms with E-state index in [0.717, 1.165) is 5.56 Å². The van der Waals surface area contributed by atoms with Gasteiger partial charge in [-0.25, -0.2) is 4.39 Å². The van der Waals surface area contributed by atoms with Gasteiger partial charge in [0.1, 0.15) is 0 Å². The number of halogens is 2. The van der Waals surface area contributed by atoms with Crippen molar-refractivity contribution in [1.29, 1.82) is 0 Å². The van der Waals surface area contributed by atoms with Crippen molar-refractivity contribution in [3.8, 4) is 0 Å². The smallest absolute Gasteiger partial charge is 0.0875 e. The van der Waals surface area contributed by atoms with E-state index in [1.807, 2.05) is 31.2 Å². The normalized spacial score (nSPS) is 10.9. The summed E-state index contributed by atoms with van der Waals surface area (Å²) >= 11 is 0. The molecule has 14 heavy (non-hydrogen) atoms. The Labute approximate surface area is 90.2 Å². The van der Waals surface area contributed by atoms with Crippen LogP contribution in [0.3, 0.4) is 0 Å². The lowest BCUT2D eigenvalue weighted by Gasteiger charge is -2.02. The molecule has 0 fully saturated rings. The summed E-state index contributed by atoms with van der Waals surface area (Å²) in [6, 6.07) is 8.02. The van der Waals surface area contributed by atoms with Gasteiger partial charge in [0.2, 0.25) is 0 Å². The molecule has 0 saturated heterocycles. The highest BCUT2D eigenvalue weighted by molar-refractivity contribution is 5.85. The standard InChI is InChI=1S/C11H14FN.ClH/c1-9-2-4-10(5-3-9)6-11(7-12)8-13;/h2-5,7H,6,8,13H2,1H3;1H/b11-7-;. The predicted octanol–water partition coefficient (Wildman–Crippen LogP) is 2.77. The van der Waals surface area contributed by atoms with Crippen LogP contribution < -0.4 is 5.73 Å². The van der Waals surface area contributed by atoms with Crippen LogP contribution in [0.1, 0.15) is 11.1 Å². The van der Waals surface area contributed by atoms with Crippen LogP contribution >= 0.6 is 12.4 Å². The molecule has 0 spiro atoms. The first-order valence-corrected chi connectivity index (χ1v) is 4.30. The van der Waals surface area contributed by atoms with Crippen LogP contribution in [0, 0.1) is 6.92 Å². The van der Waals surface area contributed by atoms with Crippen molar-refractivity contribution in [3.63, 3.8) is 0 Å². The third kappa shape index (κ3) is 3.90. The molecule has 0 unspecified atom stereocenters. The summed E-state index contributed by atoms with van der Waals surface area (Å²) in [4.78, 5) is 0. The Morgan fingerprint density at radius 1 is 1.36 bits per heavy atom. The van der Waals surface area contributed by atoms with E-state index in [1.54, 1.807) is 0 Å². The molecule has 0 saturated carbocycles. The van der Waals surface area contributed by atoms with Gasteiger partial charge < -0.3 is 5.73 Å². The maximum Gasteiger partial charge on any atom is 0.0875 e. The predicted molar refractivity (Wildman–Crippen MR) is 60.4 cm³/mol. The molecule has 0 heterocycles. The largest absolute Gasteiger partial charge is 0.327 e. The highest BCUT2D eigenvalue weighted by Gasteiger charge is 1.97. The fourth-order valence-corrected chi connectivity index (χ4v) is 1.12. The summed E-state index contributed by atoms with van der Waals surface area (Å²) < 4.78 is 12.2. The van der Waals surface area contributed by atoms with E-state index in [1.165, 1.54) is 5.56 Å². The summed E-state index contributed by atoms with van der Waals surface area (Å²) in [6.45, 7) is 2.31. The molecule has 0 aliphatic rings. The molecule has 1 aromatic carbocycles. The monoisotopic (exact) mass is 215 g/mol. The van der Waals surface area contributed by atoms with Crippen LogP contribution in [0.25, 0.3) is 0 Å². The summed E-state index contributed by atoms with van der Waals surface area (Å²) in [5.41, 5.74) is 8.29. The minimum absolute atomic E-state index is 0. The Morgan fingerprint density at radius 3 is 2.36 bits per heavy atom. The van der Waals surface area contributed by atoms with Gasteiger partial charge in [-0.05, 0) is 24.5 Å². The maximum atomic E-state index is 12.2. The first-order valence-electron chi connectivity index (χ1n) is 4.30. The van der Waals surface area contributed by atoms with E-state index in [4.69, 9.17) is 5.73 Å². The van der Waals surface area contributed by atoms with Crippen molar-refractivity contribution in [3.05, 3.63) is 47.3 Å². The van der Waals surface area contributed by atoms with E-state index in [2.05, 4.69) is 0 Å². The lowest BCUT2D eigenvalue weighted by molar-refractivity contribution is 0.699. The molecule has 0 aliphatic carbocycles. The minimum atomic E-state index is 0. The number of hydrogen-bond acceptors (Lipinski definition) is 1. The average Bonchev–Trinajstić information content (AvgIpc) is 2.17. The fraction of sp³-hybridized carbons (Fsp3) is 0.273. The molecule has 0 aliphatic heterocycles. The number of benzene rings is 1. The summed E-state index contributed by atoms with van der Waals surface area (Å²) in [6.07, 6.45) is 1.20. The van der Waals surface area contributed by atoms with Gasteiger partial charge in [0, 0.05) is 6.54 Å². The molecule has 1 aromatic rings. The average molecular weight is 216 g/mol. The molecule has 0 bridgehead atoms. The zero-order valence-electron chi connectivity index (χ0n) is 8.16. The number of aryl methyl sites for hydroxylation is 1. The van der Waals surface area contributed by atoms with Gasteiger partial charge in [0.15, 0.2) is 0 Å². The Balaban J connectivity index is 0.00000169. The molecule has 1 nitrogen and oxygen atoms in total. The van der Waals surface area contributed by atoms with Crippen LogP contribution in [-0.2, 0) is 6.42 Å².